The molecule has 0 heterocycles. The summed E-state index contributed by atoms with van der Waals surface area (Å²) in [6, 6.07) is 11.7. The molecule has 0 amide bonds. The average molecular weight is 503 g/mol. The molecule has 0 aromatic heterocycles. The maximum atomic E-state index is 13.2. The van der Waals surface area contributed by atoms with Gasteiger partial charge in [-0.1, -0.05) is 24.3 Å². The lowest BCUT2D eigenvalue weighted by atomic mass is 9.91. The molecule has 172 valence electrons. The molecule has 4 aromatic carbocycles. The molecule has 0 aliphatic rings. The van der Waals surface area contributed by atoms with Crippen molar-refractivity contribution < 1.29 is 35.3 Å². The topological polar surface area (TPSA) is 26.3 Å². The van der Waals surface area contributed by atoms with Gasteiger partial charge in [-0.2, -0.15) is 26.3 Å². The van der Waals surface area contributed by atoms with Crippen molar-refractivity contribution in [2.75, 3.05) is 7.11 Å². The monoisotopic (exact) mass is 502 g/mol. The van der Waals surface area contributed by atoms with Crippen LogP contribution in [0.4, 0.5) is 26.3 Å². The predicted octanol–water partition coefficient (Wildman–Crippen LogP) is 7.97. The van der Waals surface area contributed by atoms with E-state index < -0.39 is 33.5 Å². The molecule has 0 radical (unpaired) electrons. The zero-order valence-electron chi connectivity index (χ0n) is 16.6. The Hall–Kier alpha value is -2.78. The maximum absolute atomic E-state index is 13.2. The largest absolute Gasteiger partial charge is 0.496 e. The maximum Gasteiger partial charge on any atom is 0.416 e. The molecule has 1 atom stereocenters. The molecule has 4 rings (SSSR count). The third kappa shape index (κ3) is 4.27. The van der Waals surface area contributed by atoms with E-state index in [1.807, 2.05) is 0 Å². The number of fused-ring (bicyclic) bond motifs is 2. The molecule has 10 heteroatoms. The van der Waals surface area contributed by atoms with Gasteiger partial charge in [0.05, 0.1) is 23.1 Å². The van der Waals surface area contributed by atoms with Crippen molar-refractivity contribution in [1.82, 2.24) is 0 Å². The van der Waals surface area contributed by atoms with Crippen LogP contribution >= 0.6 is 10.7 Å². The number of halogens is 7. The van der Waals surface area contributed by atoms with Crippen LogP contribution in [0.3, 0.4) is 0 Å². The fraction of sp³-hybridized carbons (Fsp3) is 0.130. The first-order valence-electron chi connectivity index (χ1n) is 9.32. The lowest BCUT2D eigenvalue weighted by Gasteiger charge is -2.18. The molecular formula is C23H13ClF6O2S. The number of ether oxygens (including phenoxy) is 1. The van der Waals surface area contributed by atoms with E-state index in [0.717, 1.165) is 24.3 Å². The van der Waals surface area contributed by atoms with Gasteiger partial charge in [-0.15, -0.1) is 0 Å². The third-order valence-corrected chi connectivity index (χ3v) is 6.45. The smallest absolute Gasteiger partial charge is 0.416 e. The second-order valence-electron chi connectivity index (χ2n) is 7.17. The molecule has 0 saturated heterocycles. The van der Waals surface area contributed by atoms with Crippen molar-refractivity contribution in [3.05, 3.63) is 71.8 Å². The third-order valence-electron chi connectivity index (χ3n) is 5.26. The molecule has 0 spiro atoms. The second-order valence-corrected chi connectivity index (χ2v) is 8.90. The molecule has 0 fully saturated rings. The predicted molar refractivity (Wildman–Crippen MR) is 116 cm³/mol. The van der Waals surface area contributed by atoms with E-state index in [1.165, 1.54) is 43.5 Å². The standard InChI is InChI=1S/C23H13ClF6O2S/c1-32-18-8-2-12-10-14(22(25,26)27)4-6-16(12)20(18)21-17-7-5-15(23(28,29)30)11-13(17)3-9-19(21)33(24)31/h2-11H,1H3. The number of hydrogen-bond acceptors (Lipinski definition) is 2. The highest BCUT2D eigenvalue weighted by atomic mass is 35.7. The number of hydrogen-bond donors (Lipinski definition) is 0. The summed E-state index contributed by atoms with van der Waals surface area (Å²) in [5.41, 5.74) is -1.24. The number of benzene rings is 4. The quantitative estimate of drug-likeness (QED) is 0.210. The Balaban J connectivity index is 2.13. The Labute approximate surface area is 190 Å². The number of alkyl halides is 6. The van der Waals surface area contributed by atoms with Gasteiger partial charge >= 0.3 is 12.4 Å². The van der Waals surface area contributed by atoms with Crippen molar-refractivity contribution in [2.24, 2.45) is 0 Å². The van der Waals surface area contributed by atoms with Crippen LogP contribution in [0.2, 0.25) is 0 Å². The molecule has 0 saturated carbocycles. The molecular weight excluding hydrogens is 490 g/mol. The summed E-state index contributed by atoms with van der Waals surface area (Å²) in [6.07, 6.45) is -9.14. The Kier molecular flexibility index (Phi) is 5.82. The van der Waals surface area contributed by atoms with Crippen LogP contribution in [-0.4, -0.2) is 11.3 Å². The van der Waals surface area contributed by atoms with Gasteiger partial charge in [-0.05, 0) is 68.6 Å². The summed E-state index contributed by atoms with van der Waals surface area (Å²) in [4.78, 5) is 0.0922. The van der Waals surface area contributed by atoms with Crippen molar-refractivity contribution in [3.8, 4) is 16.9 Å². The Morgan fingerprint density at radius 1 is 0.727 bits per heavy atom. The van der Waals surface area contributed by atoms with Gasteiger partial charge in [-0.3, -0.25) is 0 Å². The van der Waals surface area contributed by atoms with Gasteiger partial charge in [0.25, 0.3) is 0 Å². The Morgan fingerprint density at radius 2 is 1.21 bits per heavy atom. The van der Waals surface area contributed by atoms with E-state index in [-0.39, 0.29) is 32.5 Å². The van der Waals surface area contributed by atoms with Crippen molar-refractivity contribution in [1.29, 1.82) is 0 Å². The lowest BCUT2D eigenvalue weighted by Crippen LogP contribution is -2.05. The van der Waals surface area contributed by atoms with Crippen LogP contribution in [0.15, 0.2) is 65.6 Å². The van der Waals surface area contributed by atoms with E-state index in [4.69, 9.17) is 15.4 Å². The Morgan fingerprint density at radius 3 is 1.67 bits per heavy atom. The molecule has 0 bridgehead atoms. The van der Waals surface area contributed by atoms with E-state index in [0.29, 0.717) is 10.8 Å². The van der Waals surface area contributed by atoms with Gasteiger partial charge < -0.3 is 4.74 Å². The minimum absolute atomic E-state index is 0.0922. The zero-order chi connectivity index (χ0) is 24.1. The molecule has 0 aliphatic heterocycles. The van der Waals surface area contributed by atoms with Crippen LogP contribution < -0.4 is 4.74 Å². The first kappa shape index (κ1) is 23.4. The van der Waals surface area contributed by atoms with E-state index in [9.17, 15) is 30.6 Å². The number of rotatable bonds is 3. The van der Waals surface area contributed by atoms with Crippen LogP contribution in [0, 0.1) is 0 Å². The summed E-state index contributed by atoms with van der Waals surface area (Å²) in [5, 5.41) is 1.03. The fourth-order valence-electron chi connectivity index (χ4n) is 3.79. The van der Waals surface area contributed by atoms with Gasteiger partial charge in [0, 0.05) is 11.1 Å². The van der Waals surface area contributed by atoms with Gasteiger partial charge in [0.2, 0.25) is 0 Å². The van der Waals surface area contributed by atoms with Crippen LogP contribution in [-0.2, 0) is 22.4 Å². The summed E-state index contributed by atoms with van der Waals surface area (Å²) < 4.78 is 97.1. The Bertz CT molecular complexity index is 1410. The van der Waals surface area contributed by atoms with Gasteiger partial charge in [0.1, 0.15) is 15.8 Å². The van der Waals surface area contributed by atoms with Crippen molar-refractivity contribution in [2.45, 2.75) is 17.2 Å². The van der Waals surface area contributed by atoms with Crippen LogP contribution in [0.5, 0.6) is 5.75 Å². The highest BCUT2D eigenvalue weighted by molar-refractivity contribution is 8.08. The minimum Gasteiger partial charge on any atom is -0.496 e. The lowest BCUT2D eigenvalue weighted by molar-refractivity contribution is -0.138. The summed E-state index contributed by atoms with van der Waals surface area (Å²) in [5.74, 6) is 0.234. The summed E-state index contributed by atoms with van der Waals surface area (Å²) in [6.45, 7) is 0. The van der Waals surface area contributed by atoms with Crippen molar-refractivity contribution in [3.63, 3.8) is 0 Å². The van der Waals surface area contributed by atoms with Gasteiger partial charge in [-0.25, -0.2) is 4.21 Å². The van der Waals surface area contributed by atoms with E-state index in [2.05, 4.69) is 0 Å². The minimum atomic E-state index is -4.58. The summed E-state index contributed by atoms with van der Waals surface area (Å²) >= 11 is 0. The molecule has 33 heavy (non-hydrogen) atoms. The first-order chi connectivity index (χ1) is 15.4. The molecule has 0 N–H and O–H groups in total. The second kappa shape index (κ2) is 8.22. The first-order valence-corrected chi connectivity index (χ1v) is 11.3. The number of methoxy groups -OCH3 is 1. The summed E-state index contributed by atoms with van der Waals surface area (Å²) in [7, 11) is 5.17. The normalized spacial score (nSPS) is 13.5. The fourth-order valence-corrected chi connectivity index (χ4v) is 4.73. The van der Waals surface area contributed by atoms with Crippen LogP contribution in [0.1, 0.15) is 11.1 Å². The molecule has 4 aromatic rings. The SMILES string of the molecule is COc1ccc2cc(C(F)(F)F)ccc2c1-c1c(S(=O)Cl)ccc2cc(C(F)(F)F)ccc12. The highest BCUT2D eigenvalue weighted by Crippen LogP contribution is 2.45. The molecule has 0 aliphatic carbocycles. The highest BCUT2D eigenvalue weighted by Gasteiger charge is 2.32. The molecule has 1 unspecified atom stereocenters. The average Bonchev–Trinajstić information content (AvgIpc) is 2.75. The van der Waals surface area contributed by atoms with Crippen molar-refractivity contribution >= 4 is 42.2 Å². The molecule has 2 nitrogen and oxygen atoms in total. The van der Waals surface area contributed by atoms with Gasteiger partial charge in [0.15, 0.2) is 0 Å². The van der Waals surface area contributed by atoms with E-state index in [1.54, 1.807) is 0 Å². The zero-order valence-corrected chi connectivity index (χ0v) is 18.2. The van der Waals surface area contributed by atoms with E-state index >= 15 is 0 Å². The van der Waals surface area contributed by atoms with Crippen LogP contribution in [0.25, 0.3) is 32.7 Å².